The summed E-state index contributed by atoms with van der Waals surface area (Å²) in [5.74, 6) is 0.195. The Labute approximate surface area is 77.1 Å². The molecule has 1 aliphatic carbocycles. The number of rotatable bonds is 1. The van der Waals surface area contributed by atoms with Gasteiger partial charge in [-0.1, -0.05) is 19.8 Å². The van der Waals surface area contributed by atoms with Gasteiger partial charge in [-0.05, 0) is 18.8 Å². The lowest BCUT2D eigenvalue weighted by molar-refractivity contribution is -0.125. The molecule has 2 rings (SSSR count). The third-order valence-corrected chi connectivity index (χ3v) is 3.28. The lowest BCUT2D eigenvalue weighted by Gasteiger charge is -2.26. The third-order valence-electron chi connectivity index (χ3n) is 3.28. The van der Waals surface area contributed by atoms with E-state index >= 15 is 0 Å². The van der Waals surface area contributed by atoms with Crippen LogP contribution >= 0.6 is 0 Å². The zero-order valence-electron chi connectivity index (χ0n) is 7.72. The van der Waals surface area contributed by atoms with Gasteiger partial charge in [0.15, 0.2) is 0 Å². The highest BCUT2D eigenvalue weighted by Crippen LogP contribution is 2.39. The van der Waals surface area contributed by atoms with Crippen molar-refractivity contribution >= 4 is 11.9 Å². The molecule has 1 spiro atoms. The molecular weight excluding hydrogens is 168 g/mol. The fourth-order valence-corrected chi connectivity index (χ4v) is 2.60. The van der Waals surface area contributed by atoms with Crippen molar-refractivity contribution in [1.29, 1.82) is 0 Å². The van der Waals surface area contributed by atoms with Crippen molar-refractivity contribution < 1.29 is 9.59 Å². The summed E-state index contributed by atoms with van der Waals surface area (Å²) in [6, 6.07) is -0.328. The molecule has 0 aromatic carbocycles. The number of carbonyl (C=O) groups is 2. The Morgan fingerprint density at radius 2 is 2.31 bits per heavy atom. The molecular formula is C9H14N2O2. The number of urea groups is 1. The van der Waals surface area contributed by atoms with Gasteiger partial charge in [-0.2, -0.15) is 0 Å². The maximum Gasteiger partial charge on any atom is 0.322 e. The molecule has 1 saturated heterocycles. The molecule has 0 aromatic heterocycles. The van der Waals surface area contributed by atoms with Crippen LogP contribution in [0.4, 0.5) is 4.79 Å². The second-order valence-corrected chi connectivity index (χ2v) is 3.88. The summed E-state index contributed by atoms with van der Waals surface area (Å²) in [6.07, 6.45) is 3.83. The van der Waals surface area contributed by atoms with Crippen molar-refractivity contribution in [3.8, 4) is 0 Å². The van der Waals surface area contributed by atoms with Gasteiger partial charge in [-0.25, -0.2) is 4.79 Å². The first-order chi connectivity index (χ1) is 6.19. The van der Waals surface area contributed by atoms with Crippen LogP contribution in [0.2, 0.25) is 0 Å². The van der Waals surface area contributed by atoms with E-state index in [0.717, 1.165) is 25.7 Å². The van der Waals surface area contributed by atoms with Crippen molar-refractivity contribution in [2.75, 3.05) is 0 Å². The lowest BCUT2D eigenvalue weighted by Crippen LogP contribution is -2.49. The second-order valence-electron chi connectivity index (χ2n) is 3.88. The Bertz CT molecular complexity index is 264. The van der Waals surface area contributed by atoms with E-state index in [4.69, 9.17) is 0 Å². The molecule has 0 bridgehead atoms. The van der Waals surface area contributed by atoms with Gasteiger partial charge in [-0.3, -0.25) is 10.1 Å². The van der Waals surface area contributed by atoms with E-state index in [0.29, 0.717) is 5.92 Å². The van der Waals surface area contributed by atoms with Crippen LogP contribution in [-0.2, 0) is 4.79 Å². The Kier molecular flexibility index (Phi) is 1.78. The average molecular weight is 182 g/mol. The van der Waals surface area contributed by atoms with Crippen LogP contribution < -0.4 is 10.6 Å². The van der Waals surface area contributed by atoms with E-state index < -0.39 is 5.54 Å². The summed E-state index contributed by atoms with van der Waals surface area (Å²) in [4.78, 5) is 22.6. The summed E-state index contributed by atoms with van der Waals surface area (Å²) < 4.78 is 0. The lowest BCUT2D eigenvalue weighted by atomic mass is 9.85. The first kappa shape index (κ1) is 8.53. The molecule has 0 unspecified atom stereocenters. The Morgan fingerprint density at radius 1 is 1.54 bits per heavy atom. The van der Waals surface area contributed by atoms with Crippen molar-refractivity contribution in [1.82, 2.24) is 10.6 Å². The Balaban J connectivity index is 2.28. The standard InChI is InChI=1S/C9H14N2O2/c1-2-6-4-3-5-9(6)7(12)10-8(13)11-9/h6H,2-5H2,1H3,(H2,10,11,12,13)/t6-,9-/m0/s1. The minimum absolute atomic E-state index is 0.123. The number of amides is 3. The Hall–Kier alpha value is -1.06. The summed E-state index contributed by atoms with van der Waals surface area (Å²) in [7, 11) is 0. The maximum absolute atomic E-state index is 11.6. The minimum Gasteiger partial charge on any atom is -0.323 e. The highest BCUT2D eigenvalue weighted by molar-refractivity contribution is 6.07. The van der Waals surface area contributed by atoms with Gasteiger partial charge in [0.05, 0.1) is 0 Å². The van der Waals surface area contributed by atoms with Crippen molar-refractivity contribution in [2.45, 2.75) is 38.1 Å². The maximum atomic E-state index is 11.6. The van der Waals surface area contributed by atoms with Gasteiger partial charge >= 0.3 is 6.03 Å². The summed E-state index contributed by atoms with van der Waals surface area (Å²) in [6.45, 7) is 2.06. The van der Waals surface area contributed by atoms with Crippen molar-refractivity contribution in [3.63, 3.8) is 0 Å². The smallest absolute Gasteiger partial charge is 0.322 e. The van der Waals surface area contributed by atoms with E-state index in [9.17, 15) is 9.59 Å². The van der Waals surface area contributed by atoms with E-state index in [1.807, 2.05) is 0 Å². The molecule has 13 heavy (non-hydrogen) atoms. The molecule has 0 radical (unpaired) electrons. The summed E-state index contributed by atoms with van der Waals surface area (Å²) in [5.41, 5.74) is -0.564. The zero-order valence-corrected chi connectivity index (χ0v) is 7.72. The highest BCUT2D eigenvalue weighted by atomic mass is 16.2. The number of carbonyl (C=O) groups excluding carboxylic acids is 2. The molecule has 3 amide bonds. The van der Waals surface area contributed by atoms with E-state index in [1.165, 1.54) is 0 Å². The molecule has 2 N–H and O–H groups in total. The Morgan fingerprint density at radius 3 is 2.85 bits per heavy atom. The topological polar surface area (TPSA) is 58.2 Å². The van der Waals surface area contributed by atoms with Gasteiger partial charge in [-0.15, -0.1) is 0 Å². The predicted molar refractivity (Wildman–Crippen MR) is 47.0 cm³/mol. The largest absolute Gasteiger partial charge is 0.323 e. The average Bonchev–Trinajstić information content (AvgIpc) is 2.59. The molecule has 2 fully saturated rings. The normalized spacial score (nSPS) is 38.1. The van der Waals surface area contributed by atoms with Gasteiger partial charge in [0.1, 0.15) is 5.54 Å². The molecule has 0 aromatic rings. The van der Waals surface area contributed by atoms with Crippen LogP contribution in [0.15, 0.2) is 0 Å². The molecule has 1 heterocycles. The molecule has 4 heteroatoms. The van der Waals surface area contributed by atoms with Crippen LogP contribution in [0.5, 0.6) is 0 Å². The van der Waals surface area contributed by atoms with Crippen LogP contribution in [0.3, 0.4) is 0 Å². The van der Waals surface area contributed by atoms with Crippen LogP contribution in [0.1, 0.15) is 32.6 Å². The molecule has 1 aliphatic heterocycles. The van der Waals surface area contributed by atoms with Crippen molar-refractivity contribution in [3.05, 3.63) is 0 Å². The van der Waals surface area contributed by atoms with Gasteiger partial charge in [0, 0.05) is 0 Å². The van der Waals surface area contributed by atoms with Crippen LogP contribution in [-0.4, -0.2) is 17.5 Å². The molecule has 2 aliphatic rings. The fraction of sp³-hybridized carbons (Fsp3) is 0.778. The van der Waals surface area contributed by atoms with Crippen molar-refractivity contribution in [2.24, 2.45) is 5.92 Å². The molecule has 2 atom stereocenters. The van der Waals surface area contributed by atoms with Crippen LogP contribution in [0.25, 0.3) is 0 Å². The first-order valence-corrected chi connectivity index (χ1v) is 4.82. The highest BCUT2D eigenvalue weighted by Gasteiger charge is 2.53. The quantitative estimate of drug-likeness (QED) is 0.588. The summed E-state index contributed by atoms with van der Waals surface area (Å²) >= 11 is 0. The third kappa shape index (κ3) is 1.04. The van der Waals surface area contributed by atoms with E-state index in [-0.39, 0.29) is 11.9 Å². The van der Waals surface area contributed by atoms with Gasteiger partial charge in [0.25, 0.3) is 5.91 Å². The number of hydrogen-bond donors (Lipinski definition) is 2. The monoisotopic (exact) mass is 182 g/mol. The van der Waals surface area contributed by atoms with E-state index in [2.05, 4.69) is 17.6 Å². The SMILES string of the molecule is CC[C@H]1CCC[C@]12NC(=O)NC2=O. The first-order valence-electron chi connectivity index (χ1n) is 4.82. The van der Waals surface area contributed by atoms with Crippen LogP contribution in [0, 0.1) is 5.92 Å². The summed E-state index contributed by atoms with van der Waals surface area (Å²) in [5, 5.41) is 5.11. The minimum atomic E-state index is -0.564. The molecule has 1 saturated carbocycles. The zero-order chi connectivity index (χ0) is 9.47. The van der Waals surface area contributed by atoms with Gasteiger partial charge in [0.2, 0.25) is 0 Å². The number of imide groups is 1. The molecule has 72 valence electrons. The fourth-order valence-electron chi connectivity index (χ4n) is 2.60. The second kappa shape index (κ2) is 2.72. The molecule has 4 nitrogen and oxygen atoms in total. The van der Waals surface area contributed by atoms with E-state index in [1.54, 1.807) is 0 Å². The predicted octanol–water partition coefficient (Wildman–Crippen LogP) is 0.775. The van der Waals surface area contributed by atoms with Gasteiger partial charge < -0.3 is 5.32 Å². The number of nitrogens with one attached hydrogen (secondary N) is 2. The number of hydrogen-bond acceptors (Lipinski definition) is 2.